The van der Waals surface area contributed by atoms with E-state index in [2.05, 4.69) is 17.2 Å². The van der Waals surface area contributed by atoms with E-state index in [0.717, 1.165) is 24.8 Å². The van der Waals surface area contributed by atoms with Crippen LogP contribution >= 0.6 is 11.6 Å². The highest BCUT2D eigenvalue weighted by atomic mass is 35.5. The van der Waals surface area contributed by atoms with E-state index in [1.165, 1.54) is 0 Å². The van der Waals surface area contributed by atoms with Gasteiger partial charge < -0.3 is 5.32 Å². The Morgan fingerprint density at radius 3 is 2.61 bits per heavy atom. The molecule has 0 aliphatic carbocycles. The second-order valence-corrected chi connectivity index (χ2v) is 4.59. The van der Waals surface area contributed by atoms with Crippen LogP contribution in [0.25, 0.3) is 0 Å². The van der Waals surface area contributed by atoms with Crippen molar-refractivity contribution in [1.29, 1.82) is 0 Å². The van der Waals surface area contributed by atoms with E-state index in [1.807, 2.05) is 6.92 Å². The molecule has 0 aliphatic rings. The minimum absolute atomic E-state index is 0.0545. The number of rotatable bonds is 6. The number of nitrogens with zero attached hydrogens (tertiary/aromatic N) is 2. The molecule has 5 nitrogen and oxygen atoms in total. The molecule has 0 saturated heterocycles. The van der Waals surface area contributed by atoms with Crippen molar-refractivity contribution in [1.82, 2.24) is 4.98 Å². The SMILES string of the molecule is CCCCCNc1c(C)c(C)nc(Cl)c1[N+](=O)[O-]. The summed E-state index contributed by atoms with van der Waals surface area (Å²) < 4.78 is 0. The first-order valence-electron chi connectivity index (χ1n) is 6.04. The number of halogens is 1. The Labute approximate surface area is 112 Å². The summed E-state index contributed by atoms with van der Waals surface area (Å²) in [5.74, 6) is 0. The third-order valence-corrected chi connectivity index (χ3v) is 3.14. The summed E-state index contributed by atoms with van der Waals surface area (Å²) in [5, 5.41) is 14.1. The topological polar surface area (TPSA) is 68.1 Å². The van der Waals surface area contributed by atoms with Crippen LogP contribution < -0.4 is 5.32 Å². The van der Waals surface area contributed by atoms with Crippen molar-refractivity contribution >= 4 is 23.0 Å². The maximum absolute atomic E-state index is 11.0. The fourth-order valence-electron chi connectivity index (χ4n) is 1.72. The zero-order valence-electron chi connectivity index (χ0n) is 10.9. The van der Waals surface area contributed by atoms with Crippen molar-refractivity contribution in [2.75, 3.05) is 11.9 Å². The van der Waals surface area contributed by atoms with E-state index in [0.29, 0.717) is 17.9 Å². The van der Waals surface area contributed by atoms with Crippen molar-refractivity contribution < 1.29 is 4.92 Å². The minimum Gasteiger partial charge on any atom is -0.379 e. The maximum Gasteiger partial charge on any atom is 0.329 e. The number of hydrogen-bond acceptors (Lipinski definition) is 4. The van der Waals surface area contributed by atoms with Crippen LogP contribution in [0.2, 0.25) is 5.15 Å². The van der Waals surface area contributed by atoms with Gasteiger partial charge in [0.1, 0.15) is 5.69 Å². The van der Waals surface area contributed by atoms with Gasteiger partial charge in [-0.15, -0.1) is 0 Å². The van der Waals surface area contributed by atoms with Gasteiger partial charge >= 0.3 is 5.69 Å². The van der Waals surface area contributed by atoms with Gasteiger partial charge in [-0.1, -0.05) is 31.4 Å². The number of pyridine rings is 1. The summed E-state index contributed by atoms with van der Waals surface area (Å²) in [7, 11) is 0. The Kier molecular flexibility index (Phi) is 5.34. The van der Waals surface area contributed by atoms with E-state index in [4.69, 9.17) is 11.6 Å². The number of hydrogen-bond donors (Lipinski definition) is 1. The first-order valence-corrected chi connectivity index (χ1v) is 6.41. The van der Waals surface area contributed by atoms with Gasteiger partial charge in [0.2, 0.25) is 5.15 Å². The van der Waals surface area contributed by atoms with Gasteiger partial charge in [0, 0.05) is 17.8 Å². The first kappa shape index (κ1) is 14.7. The predicted molar refractivity (Wildman–Crippen MR) is 73.4 cm³/mol. The first-order chi connectivity index (χ1) is 8.49. The summed E-state index contributed by atoms with van der Waals surface area (Å²) in [5.41, 5.74) is 1.86. The molecule has 0 fully saturated rings. The van der Waals surface area contributed by atoms with E-state index in [1.54, 1.807) is 6.92 Å². The Hall–Kier alpha value is -1.36. The average molecular weight is 272 g/mol. The van der Waals surface area contributed by atoms with Crippen LogP contribution in [0, 0.1) is 24.0 Å². The molecule has 1 rings (SSSR count). The van der Waals surface area contributed by atoms with Crippen LogP contribution in [0.15, 0.2) is 0 Å². The van der Waals surface area contributed by atoms with E-state index < -0.39 is 4.92 Å². The fourth-order valence-corrected chi connectivity index (χ4v) is 2.01. The number of unbranched alkanes of at least 4 members (excludes halogenated alkanes) is 2. The van der Waals surface area contributed by atoms with Crippen LogP contribution in [0.4, 0.5) is 11.4 Å². The van der Waals surface area contributed by atoms with Crippen LogP contribution in [-0.4, -0.2) is 16.5 Å². The molecule has 0 aromatic carbocycles. The van der Waals surface area contributed by atoms with Gasteiger partial charge in [0.15, 0.2) is 0 Å². The number of aromatic nitrogens is 1. The summed E-state index contributed by atoms with van der Waals surface area (Å²) in [6, 6.07) is 0. The van der Waals surface area contributed by atoms with Gasteiger partial charge in [-0.3, -0.25) is 10.1 Å². The van der Waals surface area contributed by atoms with Gasteiger partial charge in [-0.25, -0.2) is 4.98 Å². The lowest BCUT2D eigenvalue weighted by atomic mass is 10.1. The summed E-state index contributed by atoms with van der Waals surface area (Å²) in [6.07, 6.45) is 3.18. The highest BCUT2D eigenvalue weighted by Gasteiger charge is 2.23. The molecule has 0 spiro atoms. The van der Waals surface area contributed by atoms with Crippen molar-refractivity contribution in [2.24, 2.45) is 0 Å². The average Bonchev–Trinajstić information content (AvgIpc) is 2.29. The third kappa shape index (κ3) is 3.32. The Balaban J connectivity index is 3.02. The van der Waals surface area contributed by atoms with E-state index in [9.17, 15) is 10.1 Å². The number of anilines is 1. The molecule has 0 radical (unpaired) electrons. The molecule has 1 aromatic rings. The van der Waals surface area contributed by atoms with Crippen molar-refractivity contribution in [3.63, 3.8) is 0 Å². The van der Waals surface area contributed by atoms with Gasteiger partial charge in [0.05, 0.1) is 4.92 Å². The molecule has 1 aromatic heterocycles. The Morgan fingerprint density at radius 2 is 2.06 bits per heavy atom. The minimum atomic E-state index is -0.482. The molecule has 6 heteroatoms. The zero-order chi connectivity index (χ0) is 13.7. The second-order valence-electron chi connectivity index (χ2n) is 4.23. The maximum atomic E-state index is 11.0. The molecule has 0 amide bonds. The molecule has 0 aliphatic heterocycles. The smallest absolute Gasteiger partial charge is 0.329 e. The molecule has 0 bridgehead atoms. The van der Waals surface area contributed by atoms with E-state index >= 15 is 0 Å². The molecule has 0 saturated carbocycles. The van der Waals surface area contributed by atoms with Crippen LogP contribution in [0.5, 0.6) is 0 Å². The Bertz CT molecular complexity index is 449. The van der Waals surface area contributed by atoms with Crippen molar-refractivity contribution in [3.05, 3.63) is 26.5 Å². The van der Waals surface area contributed by atoms with Gasteiger partial charge in [-0.2, -0.15) is 0 Å². The number of nitrogens with one attached hydrogen (secondary N) is 1. The predicted octanol–water partition coefficient (Wildman–Crippen LogP) is 3.86. The molecule has 100 valence electrons. The number of nitro groups is 1. The van der Waals surface area contributed by atoms with Crippen LogP contribution in [-0.2, 0) is 0 Å². The molecular formula is C12H18ClN3O2. The lowest BCUT2D eigenvalue weighted by Gasteiger charge is -2.12. The highest BCUT2D eigenvalue weighted by molar-refractivity contribution is 6.32. The molecule has 1 heterocycles. The molecule has 18 heavy (non-hydrogen) atoms. The summed E-state index contributed by atoms with van der Waals surface area (Å²) in [6.45, 7) is 6.42. The van der Waals surface area contributed by atoms with Crippen molar-refractivity contribution in [2.45, 2.75) is 40.0 Å². The quantitative estimate of drug-likeness (QED) is 0.369. The second kappa shape index (κ2) is 6.54. The summed E-state index contributed by atoms with van der Waals surface area (Å²) >= 11 is 5.85. The molecular weight excluding hydrogens is 254 g/mol. The lowest BCUT2D eigenvalue weighted by molar-refractivity contribution is -0.384. The number of aryl methyl sites for hydroxylation is 1. The highest BCUT2D eigenvalue weighted by Crippen LogP contribution is 2.35. The monoisotopic (exact) mass is 271 g/mol. The fraction of sp³-hybridized carbons (Fsp3) is 0.583. The molecule has 1 N–H and O–H groups in total. The standard InChI is InChI=1S/C12H18ClN3O2/c1-4-5-6-7-14-10-8(2)9(3)15-12(13)11(10)16(17)18/h4-7H2,1-3H3,(H,14,15). The van der Waals surface area contributed by atoms with E-state index in [-0.39, 0.29) is 10.8 Å². The van der Waals surface area contributed by atoms with Crippen LogP contribution in [0.3, 0.4) is 0 Å². The van der Waals surface area contributed by atoms with Crippen LogP contribution in [0.1, 0.15) is 37.4 Å². The largest absolute Gasteiger partial charge is 0.379 e. The third-order valence-electron chi connectivity index (χ3n) is 2.88. The van der Waals surface area contributed by atoms with Crippen molar-refractivity contribution in [3.8, 4) is 0 Å². The lowest BCUT2D eigenvalue weighted by Crippen LogP contribution is -2.08. The van der Waals surface area contributed by atoms with Gasteiger partial charge in [0.25, 0.3) is 0 Å². The molecule has 0 atom stereocenters. The summed E-state index contributed by atoms with van der Waals surface area (Å²) in [4.78, 5) is 14.5. The zero-order valence-corrected chi connectivity index (χ0v) is 11.7. The normalized spacial score (nSPS) is 10.4. The Morgan fingerprint density at radius 1 is 1.39 bits per heavy atom. The van der Waals surface area contributed by atoms with Gasteiger partial charge in [-0.05, 0) is 20.3 Å². The molecule has 0 unspecified atom stereocenters.